The molecule has 132 valence electrons. The van der Waals surface area contributed by atoms with Crippen LogP contribution in [-0.4, -0.2) is 21.7 Å². The van der Waals surface area contributed by atoms with Crippen LogP contribution in [0.1, 0.15) is 33.2 Å². The van der Waals surface area contributed by atoms with Gasteiger partial charge in [0.1, 0.15) is 5.75 Å². The summed E-state index contributed by atoms with van der Waals surface area (Å²) >= 11 is 17.8. The number of amides is 1. The van der Waals surface area contributed by atoms with Gasteiger partial charge in [-0.15, -0.1) is 0 Å². The molecule has 0 saturated carbocycles. The number of hydrogen-bond acceptors (Lipinski definition) is 3. The zero-order chi connectivity index (χ0) is 18.6. The number of nitrogens with one attached hydrogen (secondary N) is 1. The van der Waals surface area contributed by atoms with Gasteiger partial charge in [-0.25, -0.2) is 0 Å². The number of benzene rings is 2. The highest BCUT2D eigenvalue weighted by molar-refractivity contribution is 6.68. The molecule has 2 rings (SSSR count). The van der Waals surface area contributed by atoms with Gasteiger partial charge in [-0.3, -0.25) is 9.59 Å². The van der Waals surface area contributed by atoms with Gasteiger partial charge in [-0.2, -0.15) is 0 Å². The second-order valence-corrected chi connectivity index (χ2v) is 7.83. The second-order valence-electron chi connectivity index (χ2n) is 5.46. The molecule has 0 radical (unpaired) electrons. The molecular formula is C18H16Cl3NO3. The van der Waals surface area contributed by atoms with Crippen molar-refractivity contribution >= 4 is 46.5 Å². The van der Waals surface area contributed by atoms with Crippen molar-refractivity contribution in [1.82, 2.24) is 5.32 Å². The van der Waals surface area contributed by atoms with Gasteiger partial charge < -0.3 is 10.1 Å². The Morgan fingerprint density at radius 1 is 1.04 bits per heavy atom. The number of halogens is 3. The van der Waals surface area contributed by atoms with E-state index in [2.05, 4.69) is 5.32 Å². The van der Waals surface area contributed by atoms with Crippen LogP contribution in [0.25, 0.3) is 0 Å². The quantitative estimate of drug-likeness (QED) is 0.449. The highest BCUT2D eigenvalue weighted by atomic mass is 35.6. The number of aryl methyl sites for hydroxylation is 1. The molecule has 1 N–H and O–H groups in total. The van der Waals surface area contributed by atoms with Gasteiger partial charge in [0.25, 0.3) is 5.91 Å². The number of carbonyl (C=O) groups excluding carboxylic acids is 2. The van der Waals surface area contributed by atoms with Gasteiger partial charge in [0, 0.05) is 11.1 Å². The lowest BCUT2D eigenvalue weighted by atomic mass is 10.1. The molecule has 0 saturated heterocycles. The fraction of sp³-hybridized carbons (Fsp3) is 0.222. The van der Waals surface area contributed by atoms with Crippen LogP contribution in [0.5, 0.6) is 5.75 Å². The van der Waals surface area contributed by atoms with Gasteiger partial charge in [-0.05, 0) is 50.2 Å². The van der Waals surface area contributed by atoms with Crippen LogP contribution >= 0.6 is 34.8 Å². The Labute approximate surface area is 161 Å². The fourth-order valence-electron chi connectivity index (χ4n) is 2.07. The van der Waals surface area contributed by atoms with E-state index in [9.17, 15) is 9.59 Å². The zero-order valence-electron chi connectivity index (χ0n) is 13.6. The molecule has 2 aromatic rings. The summed E-state index contributed by atoms with van der Waals surface area (Å²) in [5, 5.41) is 2.56. The van der Waals surface area contributed by atoms with E-state index >= 15 is 0 Å². The molecule has 4 nitrogen and oxygen atoms in total. The summed E-state index contributed by atoms with van der Waals surface area (Å²) in [6, 6.07) is 13.3. The molecule has 0 bridgehead atoms. The van der Waals surface area contributed by atoms with E-state index in [-0.39, 0.29) is 5.78 Å². The summed E-state index contributed by atoms with van der Waals surface area (Å²) in [6.45, 7) is 3.33. The third-order valence-corrected chi connectivity index (χ3v) is 3.95. The number of carbonyl (C=O) groups is 2. The predicted molar refractivity (Wildman–Crippen MR) is 99.8 cm³/mol. The van der Waals surface area contributed by atoms with E-state index in [1.54, 1.807) is 42.5 Å². The molecule has 0 aromatic heterocycles. The van der Waals surface area contributed by atoms with Crippen molar-refractivity contribution in [3.63, 3.8) is 0 Å². The molecular weight excluding hydrogens is 385 g/mol. The standard InChI is InChI=1S/C18H16Cl3NO3/c1-11-4-3-5-14(10-11)16(24)22-17(18(19,20)21)25-15-8-6-13(7-9-15)12(2)23/h3-10,17H,1-2H3,(H,22,24). The van der Waals surface area contributed by atoms with E-state index < -0.39 is 15.9 Å². The van der Waals surface area contributed by atoms with Gasteiger partial charge in [-0.1, -0.05) is 52.5 Å². The molecule has 2 aromatic carbocycles. The minimum absolute atomic E-state index is 0.0720. The lowest BCUT2D eigenvalue weighted by molar-refractivity contribution is 0.0833. The number of rotatable bonds is 5. The molecule has 25 heavy (non-hydrogen) atoms. The minimum Gasteiger partial charge on any atom is -0.466 e. The highest BCUT2D eigenvalue weighted by Gasteiger charge is 2.36. The molecule has 1 unspecified atom stereocenters. The highest BCUT2D eigenvalue weighted by Crippen LogP contribution is 2.32. The average Bonchev–Trinajstić information content (AvgIpc) is 2.53. The monoisotopic (exact) mass is 399 g/mol. The molecule has 0 fully saturated rings. The van der Waals surface area contributed by atoms with Gasteiger partial charge in [0.05, 0.1) is 0 Å². The summed E-state index contributed by atoms with van der Waals surface area (Å²) in [7, 11) is 0. The van der Waals surface area contributed by atoms with Crippen molar-refractivity contribution < 1.29 is 14.3 Å². The number of alkyl halides is 3. The van der Waals surface area contributed by atoms with Crippen LogP contribution in [0.3, 0.4) is 0 Å². The van der Waals surface area contributed by atoms with Crippen molar-refractivity contribution in [1.29, 1.82) is 0 Å². The van der Waals surface area contributed by atoms with Crippen LogP contribution in [0.2, 0.25) is 0 Å². The van der Waals surface area contributed by atoms with Crippen LogP contribution in [0, 0.1) is 6.92 Å². The first kappa shape index (κ1) is 19.6. The number of hydrogen-bond donors (Lipinski definition) is 1. The van der Waals surface area contributed by atoms with E-state index in [1.165, 1.54) is 6.92 Å². The first-order chi connectivity index (χ1) is 11.7. The lowest BCUT2D eigenvalue weighted by Crippen LogP contribution is -2.47. The fourth-order valence-corrected chi connectivity index (χ4v) is 2.37. The largest absolute Gasteiger partial charge is 0.466 e. The number of ether oxygens (including phenoxy) is 1. The Morgan fingerprint density at radius 2 is 1.68 bits per heavy atom. The van der Waals surface area contributed by atoms with E-state index in [0.717, 1.165) is 5.56 Å². The Morgan fingerprint density at radius 3 is 2.20 bits per heavy atom. The Balaban J connectivity index is 2.16. The van der Waals surface area contributed by atoms with E-state index in [4.69, 9.17) is 39.5 Å². The van der Waals surface area contributed by atoms with Crippen LogP contribution in [0.4, 0.5) is 0 Å². The smallest absolute Gasteiger partial charge is 0.254 e. The zero-order valence-corrected chi connectivity index (χ0v) is 15.8. The van der Waals surface area contributed by atoms with Crippen molar-refractivity contribution in [2.75, 3.05) is 0 Å². The van der Waals surface area contributed by atoms with Crippen molar-refractivity contribution in [2.45, 2.75) is 23.9 Å². The summed E-state index contributed by atoms with van der Waals surface area (Å²) in [5.41, 5.74) is 1.88. The molecule has 0 spiro atoms. The summed E-state index contributed by atoms with van der Waals surface area (Å²) < 4.78 is 3.71. The van der Waals surface area contributed by atoms with Gasteiger partial charge >= 0.3 is 0 Å². The van der Waals surface area contributed by atoms with Crippen molar-refractivity contribution in [3.8, 4) is 5.75 Å². The SMILES string of the molecule is CC(=O)c1ccc(OC(NC(=O)c2cccc(C)c2)C(Cl)(Cl)Cl)cc1. The van der Waals surface area contributed by atoms with Crippen molar-refractivity contribution in [3.05, 3.63) is 65.2 Å². The first-order valence-electron chi connectivity index (χ1n) is 7.39. The summed E-state index contributed by atoms with van der Waals surface area (Å²) in [4.78, 5) is 23.7. The van der Waals surface area contributed by atoms with Crippen LogP contribution in [-0.2, 0) is 0 Å². The maximum absolute atomic E-state index is 12.4. The second kappa shape index (κ2) is 8.09. The maximum Gasteiger partial charge on any atom is 0.254 e. The maximum atomic E-state index is 12.4. The molecule has 0 aliphatic rings. The molecule has 7 heteroatoms. The number of Topliss-reactive ketones (excluding diaryl/α,β-unsaturated/α-hetero) is 1. The predicted octanol–water partition coefficient (Wildman–Crippen LogP) is 4.70. The molecule has 0 heterocycles. The molecule has 0 aliphatic heterocycles. The van der Waals surface area contributed by atoms with Gasteiger partial charge in [0.2, 0.25) is 10.0 Å². The normalized spacial score (nSPS) is 12.4. The molecule has 1 amide bonds. The van der Waals surface area contributed by atoms with Crippen LogP contribution in [0.15, 0.2) is 48.5 Å². The summed E-state index contributed by atoms with van der Waals surface area (Å²) in [6.07, 6.45) is -1.21. The molecule has 1 atom stereocenters. The Bertz CT molecular complexity index is 770. The van der Waals surface area contributed by atoms with Crippen molar-refractivity contribution in [2.24, 2.45) is 0 Å². The topological polar surface area (TPSA) is 55.4 Å². The average molecular weight is 401 g/mol. The first-order valence-corrected chi connectivity index (χ1v) is 8.52. The minimum atomic E-state index is -1.89. The third kappa shape index (κ3) is 5.63. The molecule has 0 aliphatic carbocycles. The summed E-state index contributed by atoms with van der Waals surface area (Å²) in [5.74, 6) is -0.150. The van der Waals surface area contributed by atoms with Crippen LogP contribution < -0.4 is 10.1 Å². The lowest BCUT2D eigenvalue weighted by Gasteiger charge is -2.26. The Kier molecular flexibility index (Phi) is 6.33. The third-order valence-electron chi connectivity index (χ3n) is 3.35. The van der Waals surface area contributed by atoms with E-state index in [1.807, 2.05) is 13.0 Å². The number of ketones is 1. The Hall–Kier alpha value is -1.75. The van der Waals surface area contributed by atoms with E-state index in [0.29, 0.717) is 16.9 Å². The van der Waals surface area contributed by atoms with Gasteiger partial charge in [0.15, 0.2) is 5.78 Å².